The lowest BCUT2D eigenvalue weighted by Gasteiger charge is -2.38. The molecule has 2 atom stereocenters. The van der Waals surface area contributed by atoms with Crippen LogP contribution in [0.2, 0.25) is 0 Å². The summed E-state index contributed by atoms with van der Waals surface area (Å²) in [4.78, 5) is 25.3. The van der Waals surface area contributed by atoms with E-state index in [9.17, 15) is 9.59 Å². The smallest absolute Gasteiger partial charge is 0.303 e. The number of hydrogen-bond acceptors (Lipinski definition) is 3. The van der Waals surface area contributed by atoms with Crippen LogP contribution in [0.1, 0.15) is 38.5 Å². The average Bonchev–Trinajstić information content (AvgIpc) is 3.02. The third-order valence-electron chi connectivity index (χ3n) is 4.70. The number of hydrogen-bond donors (Lipinski definition) is 1. The molecule has 3 heterocycles. The van der Waals surface area contributed by atoms with Gasteiger partial charge in [0.15, 0.2) is 0 Å². The molecule has 2 bridgehead atoms. The van der Waals surface area contributed by atoms with E-state index in [2.05, 4.69) is 5.10 Å². The van der Waals surface area contributed by atoms with Crippen molar-refractivity contribution in [2.24, 2.45) is 5.92 Å². The Kier molecular flexibility index (Phi) is 3.94. The zero-order valence-corrected chi connectivity index (χ0v) is 12.0. The van der Waals surface area contributed by atoms with Crippen LogP contribution >= 0.6 is 0 Å². The monoisotopic (exact) mass is 291 g/mol. The first-order valence-corrected chi connectivity index (χ1v) is 7.64. The number of nitrogens with zero attached hydrogens (tertiary/aromatic N) is 3. The molecule has 2 aliphatic rings. The maximum Gasteiger partial charge on any atom is 0.303 e. The van der Waals surface area contributed by atoms with Gasteiger partial charge >= 0.3 is 5.97 Å². The van der Waals surface area contributed by atoms with E-state index in [-0.39, 0.29) is 30.3 Å². The quantitative estimate of drug-likeness (QED) is 0.892. The molecule has 2 unspecified atom stereocenters. The molecular formula is C15H21N3O3. The zero-order chi connectivity index (χ0) is 14.8. The molecule has 0 aromatic carbocycles. The van der Waals surface area contributed by atoms with Gasteiger partial charge in [0.1, 0.15) is 0 Å². The Morgan fingerprint density at radius 2 is 1.95 bits per heavy atom. The highest BCUT2D eigenvalue weighted by Gasteiger charge is 2.43. The zero-order valence-electron chi connectivity index (χ0n) is 12.0. The number of carboxylic acids is 1. The van der Waals surface area contributed by atoms with E-state index in [1.54, 1.807) is 10.9 Å². The molecule has 3 rings (SSSR count). The molecule has 1 amide bonds. The lowest BCUT2D eigenvalue weighted by molar-refractivity contribution is -0.140. The molecule has 0 radical (unpaired) electrons. The van der Waals surface area contributed by atoms with Crippen molar-refractivity contribution in [1.82, 2.24) is 14.7 Å². The second kappa shape index (κ2) is 5.87. The van der Waals surface area contributed by atoms with E-state index in [4.69, 9.17) is 5.11 Å². The number of fused-ring (bicyclic) bond motifs is 2. The Morgan fingerprint density at radius 1 is 1.24 bits per heavy atom. The normalized spacial score (nSPS) is 27.8. The number of piperidine rings is 1. The maximum absolute atomic E-state index is 12.5. The van der Waals surface area contributed by atoms with Crippen LogP contribution < -0.4 is 0 Å². The third kappa shape index (κ3) is 3.09. The number of rotatable bonds is 5. The van der Waals surface area contributed by atoms with Gasteiger partial charge in [-0.1, -0.05) is 0 Å². The van der Waals surface area contributed by atoms with Gasteiger partial charge in [0.25, 0.3) is 0 Å². The molecule has 0 aliphatic carbocycles. The first-order chi connectivity index (χ1) is 10.1. The Hall–Kier alpha value is -1.85. The lowest BCUT2D eigenvalue weighted by Crippen LogP contribution is -2.47. The van der Waals surface area contributed by atoms with Gasteiger partial charge in [-0.25, -0.2) is 0 Å². The van der Waals surface area contributed by atoms with Crippen molar-refractivity contribution < 1.29 is 14.7 Å². The standard InChI is InChI=1S/C15H21N3O3/c19-14(4-7-17-6-1-5-16-17)18-12-2-3-13(18)9-11(8-12)10-15(20)21/h1,5-6,11-13H,2-4,7-10H2,(H,20,21). The predicted molar refractivity (Wildman–Crippen MR) is 75.5 cm³/mol. The number of carboxylic acid groups (broad SMARTS) is 1. The van der Waals surface area contributed by atoms with Crippen molar-refractivity contribution in [3.8, 4) is 0 Å². The van der Waals surface area contributed by atoms with Gasteiger partial charge in [0.05, 0.1) is 0 Å². The highest BCUT2D eigenvalue weighted by atomic mass is 16.4. The largest absolute Gasteiger partial charge is 0.481 e. The van der Waals surface area contributed by atoms with Gasteiger partial charge in [-0.15, -0.1) is 0 Å². The van der Waals surface area contributed by atoms with Crippen LogP contribution in [0, 0.1) is 5.92 Å². The summed E-state index contributed by atoms with van der Waals surface area (Å²) in [7, 11) is 0. The van der Waals surface area contributed by atoms with Crippen LogP contribution in [0.25, 0.3) is 0 Å². The highest BCUT2D eigenvalue weighted by Crippen LogP contribution is 2.40. The van der Waals surface area contributed by atoms with Crippen LogP contribution in [-0.2, 0) is 16.1 Å². The molecule has 0 spiro atoms. The van der Waals surface area contributed by atoms with Crippen LogP contribution in [0.4, 0.5) is 0 Å². The number of aryl methyl sites for hydroxylation is 1. The first-order valence-electron chi connectivity index (χ1n) is 7.64. The number of aliphatic carboxylic acids is 1. The predicted octanol–water partition coefficient (Wildman–Crippen LogP) is 1.52. The minimum Gasteiger partial charge on any atom is -0.481 e. The van der Waals surface area contributed by atoms with Crippen LogP contribution in [0.3, 0.4) is 0 Å². The Labute approximate surface area is 123 Å². The second-order valence-electron chi connectivity index (χ2n) is 6.14. The molecule has 1 N–H and O–H groups in total. The SMILES string of the molecule is O=C(O)CC1CC2CCC(C1)N2C(=O)CCn1cccn1. The van der Waals surface area contributed by atoms with Gasteiger partial charge in [0.2, 0.25) is 5.91 Å². The molecule has 1 aromatic rings. The summed E-state index contributed by atoms with van der Waals surface area (Å²) in [6.07, 6.45) is 8.02. The van der Waals surface area contributed by atoms with Crippen molar-refractivity contribution in [3.63, 3.8) is 0 Å². The minimum atomic E-state index is -0.724. The molecule has 2 saturated heterocycles. The minimum absolute atomic E-state index is 0.187. The van der Waals surface area contributed by atoms with E-state index < -0.39 is 5.97 Å². The van der Waals surface area contributed by atoms with Crippen molar-refractivity contribution in [2.75, 3.05) is 0 Å². The third-order valence-corrected chi connectivity index (χ3v) is 4.70. The molecular weight excluding hydrogens is 270 g/mol. The second-order valence-corrected chi connectivity index (χ2v) is 6.14. The number of carbonyl (C=O) groups excluding carboxylic acids is 1. The van der Waals surface area contributed by atoms with Crippen LogP contribution in [0.5, 0.6) is 0 Å². The molecule has 114 valence electrons. The van der Waals surface area contributed by atoms with Crippen molar-refractivity contribution in [3.05, 3.63) is 18.5 Å². The number of carbonyl (C=O) groups is 2. The number of amides is 1. The summed E-state index contributed by atoms with van der Waals surface area (Å²) < 4.78 is 1.77. The van der Waals surface area contributed by atoms with E-state index in [0.717, 1.165) is 25.7 Å². The average molecular weight is 291 g/mol. The summed E-state index contributed by atoms with van der Waals surface area (Å²) in [6, 6.07) is 2.35. The molecule has 21 heavy (non-hydrogen) atoms. The highest BCUT2D eigenvalue weighted by molar-refractivity contribution is 5.77. The van der Waals surface area contributed by atoms with Gasteiger partial charge in [-0.2, -0.15) is 5.10 Å². The Morgan fingerprint density at radius 3 is 2.52 bits per heavy atom. The van der Waals surface area contributed by atoms with Crippen molar-refractivity contribution in [2.45, 2.75) is 57.2 Å². The van der Waals surface area contributed by atoms with Crippen molar-refractivity contribution in [1.29, 1.82) is 0 Å². The van der Waals surface area contributed by atoms with E-state index in [1.165, 1.54) is 0 Å². The summed E-state index contributed by atoms with van der Waals surface area (Å²) in [5, 5.41) is 13.0. The van der Waals surface area contributed by atoms with E-state index in [1.807, 2.05) is 17.2 Å². The molecule has 2 fully saturated rings. The first kappa shape index (κ1) is 14.1. The fraction of sp³-hybridized carbons (Fsp3) is 0.667. The Balaban J connectivity index is 1.57. The van der Waals surface area contributed by atoms with E-state index in [0.29, 0.717) is 13.0 Å². The van der Waals surface area contributed by atoms with Crippen LogP contribution in [0.15, 0.2) is 18.5 Å². The lowest BCUT2D eigenvalue weighted by atomic mass is 9.88. The summed E-state index contributed by atoms with van der Waals surface area (Å²) >= 11 is 0. The fourth-order valence-electron chi connectivity index (χ4n) is 3.88. The summed E-state index contributed by atoms with van der Waals surface area (Å²) in [6.45, 7) is 0.611. The van der Waals surface area contributed by atoms with Gasteiger partial charge in [-0.05, 0) is 37.7 Å². The summed E-state index contributed by atoms with van der Waals surface area (Å²) in [5.41, 5.74) is 0. The Bertz CT molecular complexity index is 500. The molecule has 6 heteroatoms. The number of aromatic nitrogens is 2. The maximum atomic E-state index is 12.5. The topological polar surface area (TPSA) is 75.4 Å². The van der Waals surface area contributed by atoms with Gasteiger partial charge < -0.3 is 10.0 Å². The van der Waals surface area contributed by atoms with Crippen LogP contribution in [-0.4, -0.2) is 43.7 Å². The molecule has 1 aromatic heterocycles. The molecule has 6 nitrogen and oxygen atoms in total. The molecule has 2 aliphatic heterocycles. The van der Waals surface area contributed by atoms with Crippen molar-refractivity contribution >= 4 is 11.9 Å². The molecule has 0 saturated carbocycles. The van der Waals surface area contributed by atoms with E-state index >= 15 is 0 Å². The van der Waals surface area contributed by atoms with Gasteiger partial charge in [0, 0.05) is 43.9 Å². The fourth-order valence-corrected chi connectivity index (χ4v) is 3.88. The van der Waals surface area contributed by atoms with Gasteiger partial charge in [-0.3, -0.25) is 14.3 Å². The summed E-state index contributed by atoms with van der Waals surface area (Å²) in [5.74, 6) is -0.306.